The molecule has 0 bridgehead atoms. The lowest BCUT2D eigenvalue weighted by atomic mass is 10.2. The molecule has 0 aliphatic rings. The van der Waals surface area contributed by atoms with E-state index in [0.717, 1.165) is 4.47 Å². The SMILES string of the molecule is CC(C)OC(=O)CNC(=O)c1cccc(Br)c1. The highest BCUT2D eigenvalue weighted by Crippen LogP contribution is 2.11. The second-order valence-corrected chi connectivity index (χ2v) is 4.65. The third kappa shape index (κ3) is 4.99. The fraction of sp³-hybridized carbons (Fsp3) is 0.333. The van der Waals surface area contributed by atoms with Crippen molar-refractivity contribution in [3.05, 3.63) is 34.3 Å². The predicted octanol–water partition coefficient (Wildman–Crippen LogP) is 2.13. The van der Waals surface area contributed by atoms with Gasteiger partial charge in [-0.05, 0) is 32.0 Å². The van der Waals surface area contributed by atoms with Gasteiger partial charge in [0.25, 0.3) is 5.91 Å². The van der Waals surface area contributed by atoms with Crippen molar-refractivity contribution < 1.29 is 14.3 Å². The predicted molar refractivity (Wildman–Crippen MR) is 67.7 cm³/mol. The fourth-order valence-corrected chi connectivity index (χ4v) is 1.59. The zero-order valence-electron chi connectivity index (χ0n) is 9.70. The van der Waals surface area contributed by atoms with E-state index in [4.69, 9.17) is 4.74 Å². The molecule has 1 amide bonds. The van der Waals surface area contributed by atoms with Crippen molar-refractivity contribution in [2.24, 2.45) is 0 Å². The van der Waals surface area contributed by atoms with Gasteiger partial charge < -0.3 is 10.1 Å². The van der Waals surface area contributed by atoms with E-state index >= 15 is 0 Å². The number of nitrogens with one attached hydrogen (secondary N) is 1. The molecule has 0 saturated carbocycles. The largest absolute Gasteiger partial charge is 0.462 e. The second kappa shape index (κ2) is 6.39. The zero-order valence-corrected chi connectivity index (χ0v) is 11.3. The summed E-state index contributed by atoms with van der Waals surface area (Å²) in [5.41, 5.74) is 0.497. The van der Waals surface area contributed by atoms with E-state index in [2.05, 4.69) is 21.2 Å². The van der Waals surface area contributed by atoms with Crippen LogP contribution >= 0.6 is 15.9 Å². The van der Waals surface area contributed by atoms with Crippen LogP contribution in [0.25, 0.3) is 0 Å². The molecule has 0 saturated heterocycles. The van der Waals surface area contributed by atoms with Gasteiger partial charge in [0.1, 0.15) is 6.54 Å². The van der Waals surface area contributed by atoms with Crippen LogP contribution in [0.2, 0.25) is 0 Å². The Kier molecular flexibility index (Phi) is 5.15. The van der Waals surface area contributed by atoms with Crippen LogP contribution < -0.4 is 5.32 Å². The van der Waals surface area contributed by atoms with Gasteiger partial charge in [0.05, 0.1) is 6.10 Å². The number of hydrogen-bond acceptors (Lipinski definition) is 3. The van der Waals surface area contributed by atoms with E-state index in [0.29, 0.717) is 5.56 Å². The van der Waals surface area contributed by atoms with Crippen molar-refractivity contribution in [3.63, 3.8) is 0 Å². The lowest BCUT2D eigenvalue weighted by Crippen LogP contribution is -2.31. The third-order valence-corrected chi connectivity index (χ3v) is 2.34. The normalized spacial score (nSPS) is 10.1. The van der Waals surface area contributed by atoms with E-state index in [1.54, 1.807) is 32.0 Å². The van der Waals surface area contributed by atoms with Crippen molar-refractivity contribution in [2.45, 2.75) is 20.0 Å². The van der Waals surface area contributed by atoms with Gasteiger partial charge in [0.15, 0.2) is 0 Å². The summed E-state index contributed by atoms with van der Waals surface area (Å²) >= 11 is 3.27. The molecular formula is C12H14BrNO3. The quantitative estimate of drug-likeness (QED) is 0.867. The summed E-state index contributed by atoms with van der Waals surface area (Å²) in [7, 11) is 0. The maximum Gasteiger partial charge on any atom is 0.325 e. The average Bonchev–Trinajstić information content (AvgIpc) is 2.25. The first-order valence-electron chi connectivity index (χ1n) is 5.22. The third-order valence-electron chi connectivity index (χ3n) is 1.85. The first-order chi connectivity index (χ1) is 7.99. The minimum Gasteiger partial charge on any atom is -0.462 e. The van der Waals surface area contributed by atoms with E-state index in [-0.39, 0.29) is 18.6 Å². The first-order valence-corrected chi connectivity index (χ1v) is 6.01. The van der Waals surface area contributed by atoms with Crippen molar-refractivity contribution in [2.75, 3.05) is 6.54 Å². The molecule has 1 rings (SSSR count). The van der Waals surface area contributed by atoms with E-state index in [9.17, 15) is 9.59 Å². The lowest BCUT2D eigenvalue weighted by Gasteiger charge is -2.08. The summed E-state index contributed by atoms with van der Waals surface area (Å²) in [5.74, 6) is -0.740. The summed E-state index contributed by atoms with van der Waals surface area (Å²) in [6.45, 7) is 3.39. The highest BCUT2D eigenvalue weighted by atomic mass is 79.9. The molecule has 0 fully saturated rings. The summed E-state index contributed by atoms with van der Waals surface area (Å²) in [6.07, 6.45) is -0.176. The Morgan fingerprint density at radius 1 is 1.41 bits per heavy atom. The Hall–Kier alpha value is -1.36. The molecule has 0 heterocycles. The van der Waals surface area contributed by atoms with Gasteiger partial charge >= 0.3 is 5.97 Å². The minimum atomic E-state index is -0.441. The number of carbonyl (C=O) groups is 2. The summed E-state index contributed by atoms with van der Waals surface area (Å²) in [6, 6.07) is 6.94. The number of carbonyl (C=O) groups excluding carboxylic acids is 2. The number of halogens is 1. The highest BCUT2D eigenvalue weighted by molar-refractivity contribution is 9.10. The van der Waals surface area contributed by atoms with Crippen molar-refractivity contribution >= 4 is 27.8 Å². The van der Waals surface area contributed by atoms with E-state index in [1.165, 1.54) is 0 Å². The van der Waals surface area contributed by atoms with Crippen molar-refractivity contribution in [1.82, 2.24) is 5.32 Å². The molecule has 1 N–H and O–H groups in total. The van der Waals surface area contributed by atoms with E-state index < -0.39 is 5.97 Å². The van der Waals surface area contributed by atoms with Gasteiger partial charge in [0.2, 0.25) is 0 Å². The Morgan fingerprint density at radius 3 is 2.71 bits per heavy atom. The number of rotatable bonds is 4. The van der Waals surface area contributed by atoms with Gasteiger partial charge in [-0.2, -0.15) is 0 Å². The molecule has 0 spiro atoms. The molecule has 5 heteroatoms. The molecular weight excluding hydrogens is 286 g/mol. The summed E-state index contributed by atoms with van der Waals surface area (Å²) in [5, 5.41) is 2.50. The number of esters is 1. The number of benzene rings is 1. The minimum absolute atomic E-state index is 0.122. The fourth-order valence-electron chi connectivity index (χ4n) is 1.19. The molecule has 0 atom stereocenters. The molecule has 92 valence electrons. The molecule has 0 unspecified atom stereocenters. The smallest absolute Gasteiger partial charge is 0.325 e. The standard InChI is InChI=1S/C12H14BrNO3/c1-8(2)17-11(15)7-14-12(16)9-4-3-5-10(13)6-9/h3-6,8H,7H2,1-2H3,(H,14,16). The maximum atomic E-state index is 11.6. The second-order valence-electron chi connectivity index (χ2n) is 3.73. The Balaban J connectivity index is 2.48. The molecule has 0 aromatic heterocycles. The molecule has 0 aliphatic carbocycles. The van der Waals surface area contributed by atoms with Crippen LogP contribution in [-0.4, -0.2) is 24.5 Å². The summed E-state index contributed by atoms with van der Waals surface area (Å²) in [4.78, 5) is 22.9. The lowest BCUT2D eigenvalue weighted by molar-refractivity contribution is -0.146. The molecule has 1 aromatic carbocycles. The van der Waals surface area contributed by atoms with Crippen LogP contribution in [-0.2, 0) is 9.53 Å². The molecule has 4 nitrogen and oxygen atoms in total. The monoisotopic (exact) mass is 299 g/mol. The Bertz CT molecular complexity index is 418. The van der Waals surface area contributed by atoms with Crippen LogP contribution in [0.15, 0.2) is 28.7 Å². The number of hydrogen-bond donors (Lipinski definition) is 1. The molecule has 0 radical (unpaired) electrons. The van der Waals surface area contributed by atoms with Crippen LogP contribution in [0.1, 0.15) is 24.2 Å². The topological polar surface area (TPSA) is 55.4 Å². The van der Waals surface area contributed by atoms with Gasteiger partial charge in [-0.15, -0.1) is 0 Å². The average molecular weight is 300 g/mol. The molecule has 17 heavy (non-hydrogen) atoms. The number of amides is 1. The highest BCUT2D eigenvalue weighted by Gasteiger charge is 2.09. The Morgan fingerprint density at radius 2 is 2.12 bits per heavy atom. The molecule has 0 aliphatic heterocycles. The van der Waals surface area contributed by atoms with Crippen molar-refractivity contribution in [3.8, 4) is 0 Å². The van der Waals surface area contributed by atoms with Gasteiger partial charge in [-0.3, -0.25) is 9.59 Å². The van der Waals surface area contributed by atoms with Gasteiger partial charge in [0, 0.05) is 10.0 Å². The van der Waals surface area contributed by atoms with Crippen LogP contribution in [0, 0.1) is 0 Å². The van der Waals surface area contributed by atoms with Crippen LogP contribution in [0.4, 0.5) is 0 Å². The van der Waals surface area contributed by atoms with Gasteiger partial charge in [-0.1, -0.05) is 22.0 Å². The van der Waals surface area contributed by atoms with Crippen LogP contribution in [0.5, 0.6) is 0 Å². The van der Waals surface area contributed by atoms with Crippen LogP contribution in [0.3, 0.4) is 0 Å². The summed E-state index contributed by atoms with van der Waals surface area (Å²) < 4.78 is 5.71. The van der Waals surface area contributed by atoms with Gasteiger partial charge in [-0.25, -0.2) is 0 Å². The number of ether oxygens (including phenoxy) is 1. The molecule has 1 aromatic rings. The maximum absolute atomic E-state index is 11.6. The zero-order chi connectivity index (χ0) is 12.8. The Labute approximate surface area is 108 Å². The first kappa shape index (κ1) is 13.7. The van der Waals surface area contributed by atoms with E-state index in [1.807, 2.05) is 6.07 Å². The van der Waals surface area contributed by atoms with Crippen molar-refractivity contribution in [1.29, 1.82) is 0 Å².